The zero-order chi connectivity index (χ0) is 11.5. The number of Topliss-reactive ketones (excluding diaryl/α,β-unsaturated/α-hetero) is 1. The third kappa shape index (κ3) is 2.53. The first-order valence-corrected chi connectivity index (χ1v) is 6.42. The molecule has 1 aromatic carbocycles. The maximum Gasteiger partial charge on any atom is 0.255 e. The lowest BCUT2D eigenvalue weighted by Crippen LogP contribution is -2.28. The number of hydrogen-bond donors (Lipinski definition) is 0. The van der Waals surface area contributed by atoms with Crippen molar-refractivity contribution in [2.45, 2.75) is 19.8 Å². The number of hydrogen-bond acceptors (Lipinski definition) is 3. The van der Waals surface area contributed by atoms with Crippen LogP contribution >= 0.6 is 11.8 Å². The van der Waals surface area contributed by atoms with Crippen LogP contribution in [0, 0.1) is 12.8 Å². The fraction of sp³-hybridized carbons (Fsp3) is 0.385. The fourth-order valence-electron chi connectivity index (χ4n) is 1.87. The first-order valence-electron chi connectivity index (χ1n) is 5.43. The van der Waals surface area contributed by atoms with E-state index in [1.165, 1.54) is 5.56 Å². The van der Waals surface area contributed by atoms with Crippen LogP contribution in [0.1, 0.15) is 17.5 Å². The average Bonchev–Trinajstić information content (AvgIpc) is 2.28. The minimum atomic E-state index is -0.261. The van der Waals surface area contributed by atoms with E-state index in [0.717, 1.165) is 29.5 Å². The number of rotatable bonds is 2. The van der Waals surface area contributed by atoms with Crippen LogP contribution < -0.4 is 0 Å². The molecular weight excluding hydrogens is 220 g/mol. The number of benzene rings is 1. The van der Waals surface area contributed by atoms with E-state index in [-0.39, 0.29) is 16.8 Å². The quantitative estimate of drug-likeness (QED) is 0.737. The van der Waals surface area contributed by atoms with Crippen molar-refractivity contribution in [1.82, 2.24) is 0 Å². The zero-order valence-electron chi connectivity index (χ0n) is 9.23. The summed E-state index contributed by atoms with van der Waals surface area (Å²) in [5.41, 5.74) is 2.36. The molecule has 2 rings (SSSR count). The molecule has 0 spiro atoms. The van der Waals surface area contributed by atoms with Crippen LogP contribution in [-0.4, -0.2) is 16.7 Å². The van der Waals surface area contributed by atoms with E-state index in [9.17, 15) is 9.59 Å². The summed E-state index contributed by atoms with van der Waals surface area (Å²) in [6.45, 7) is 2.04. The molecule has 1 unspecified atom stereocenters. The van der Waals surface area contributed by atoms with Gasteiger partial charge in [-0.25, -0.2) is 0 Å². The Morgan fingerprint density at radius 1 is 1.25 bits per heavy atom. The molecule has 0 bridgehead atoms. The summed E-state index contributed by atoms with van der Waals surface area (Å²) in [6.07, 6.45) is 1.52. The third-order valence-electron chi connectivity index (χ3n) is 2.87. The number of carbonyl (C=O) groups excluding carboxylic acids is 2. The molecule has 0 aliphatic carbocycles. The minimum absolute atomic E-state index is 0.101. The average molecular weight is 234 g/mol. The highest BCUT2D eigenvalue weighted by atomic mass is 32.2. The first kappa shape index (κ1) is 11.4. The lowest BCUT2D eigenvalue weighted by molar-refractivity contribution is -0.134. The van der Waals surface area contributed by atoms with Gasteiger partial charge in [-0.2, -0.15) is 0 Å². The van der Waals surface area contributed by atoms with Crippen molar-refractivity contribution < 1.29 is 9.59 Å². The molecule has 0 aromatic heterocycles. The number of aryl methyl sites for hydroxylation is 1. The Hall–Kier alpha value is -1.09. The van der Waals surface area contributed by atoms with Gasteiger partial charge >= 0.3 is 0 Å². The lowest BCUT2D eigenvalue weighted by Gasteiger charge is -2.18. The van der Waals surface area contributed by atoms with Gasteiger partial charge in [0.05, 0.1) is 0 Å². The van der Waals surface area contributed by atoms with Crippen molar-refractivity contribution in [3.05, 3.63) is 35.4 Å². The summed E-state index contributed by atoms with van der Waals surface area (Å²) in [6, 6.07) is 8.15. The SMILES string of the molecule is Cc1ccc(CC2CCSC(=O)C2=O)cc1. The monoisotopic (exact) mass is 234 g/mol. The van der Waals surface area contributed by atoms with Gasteiger partial charge < -0.3 is 0 Å². The standard InChI is InChI=1S/C13H14O2S/c1-9-2-4-10(5-3-9)8-11-6-7-16-13(15)12(11)14/h2-5,11H,6-8H2,1H3. The summed E-state index contributed by atoms with van der Waals surface area (Å²) in [7, 11) is 0. The molecule has 1 aromatic rings. The molecule has 1 aliphatic rings. The van der Waals surface area contributed by atoms with Crippen LogP contribution in [-0.2, 0) is 16.0 Å². The Balaban J connectivity index is 2.06. The molecule has 1 heterocycles. The molecule has 0 radical (unpaired) electrons. The van der Waals surface area contributed by atoms with E-state index >= 15 is 0 Å². The predicted molar refractivity (Wildman–Crippen MR) is 65.5 cm³/mol. The topological polar surface area (TPSA) is 34.1 Å². The maximum atomic E-state index is 11.6. The Bertz CT molecular complexity index is 408. The van der Waals surface area contributed by atoms with Crippen LogP contribution in [0.15, 0.2) is 24.3 Å². The van der Waals surface area contributed by atoms with Gasteiger partial charge in [-0.1, -0.05) is 41.6 Å². The fourth-order valence-corrected chi connectivity index (χ4v) is 2.76. The van der Waals surface area contributed by atoms with Crippen molar-refractivity contribution in [1.29, 1.82) is 0 Å². The largest absolute Gasteiger partial charge is 0.290 e. The van der Waals surface area contributed by atoms with Crippen molar-refractivity contribution >= 4 is 22.7 Å². The molecule has 0 saturated carbocycles. The molecule has 0 amide bonds. The molecule has 2 nitrogen and oxygen atoms in total. The second-order valence-electron chi connectivity index (χ2n) is 4.18. The molecule has 1 atom stereocenters. The Kier molecular flexibility index (Phi) is 3.44. The third-order valence-corrected chi connectivity index (χ3v) is 3.78. The number of carbonyl (C=O) groups is 2. The van der Waals surface area contributed by atoms with Gasteiger partial charge in [0.1, 0.15) is 0 Å². The summed E-state index contributed by atoms with van der Waals surface area (Å²) < 4.78 is 0. The molecule has 3 heteroatoms. The Labute approximate surface area is 99.4 Å². The van der Waals surface area contributed by atoms with Crippen LogP contribution in [0.2, 0.25) is 0 Å². The van der Waals surface area contributed by atoms with E-state index in [1.807, 2.05) is 31.2 Å². The van der Waals surface area contributed by atoms with E-state index in [4.69, 9.17) is 0 Å². The van der Waals surface area contributed by atoms with Gasteiger partial charge in [0.25, 0.3) is 5.12 Å². The highest BCUT2D eigenvalue weighted by Crippen LogP contribution is 2.24. The lowest BCUT2D eigenvalue weighted by atomic mass is 9.92. The first-order chi connectivity index (χ1) is 7.66. The molecule has 0 N–H and O–H groups in total. The molecule has 16 heavy (non-hydrogen) atoms. The Morgan fingerprint density at radius 2 is 1.94 bits per heavy atom. The number of ketones is 1. The van der Waals surface area contributed by atoms with Crippen molar-refractivity contribution in [2.24, 2.45) is 5.92 Å². The van der Waals surface area contributed by atoms with Gasteiger partial charge in [-0.3, -0.25) is 9.59 Å². The summed E-state index contributed by atoms with van der Waals surface area (Å²) in [5, 5.41) is -0.261. The van der Waals surface area contributed by atoms with Crippen molar-refractivity contribution in [3.8, 4) is 0 Å². The van der Waals surface area contributed by atoms with Gasteiger partial charge in [0.15, 0.2) is 0 Å². The summed E-state index contributed by atoms with van der Waals surface area (Å²) in [5.74, 6) is 0.481. The van der Waals surface area contributed by atoms with Crippen LogP contribution in [0.25, 0.3) is 0 Å². The molecule has 1 aliphatic heterocycles. The highest BCUT2D eigenvalue weighted by molar-refractivity contribution is 8.15. The van der Waals surface area contributed by atoms with E-state index < -0.39 is 0 Å². The van der Waals surface area contributed by atoms with Gasteiger partial charge in [-0.05, 0) is 25.3 Å². The van der Waals surface area contributed by atoms with Crippen LogP contribution in [0.3, 0.4) is 0 Å². The van der Waals surface area contributed by atoms with Crippen LogP contribution in [0.4, 0.5) is 0 Å². The molecular formula is C13H14O2S. The second-order valence-corrected chi connectivity index (χ2v) is 5.24. The summed E-state index contributed by atoms with van der Waals surface area (Å²) >= 11 is 1.15. The molecule has 1 fully saturated rings. The highest BCUT2D eigenvalue weighted by Gasteiger charge is 2.29. The smallest absolute Gasteiger partial charge is 0.255 e. The van der Waals surface area contributed by atoms with Crippen LogP contribution in [0.5, 0.6) is 0 Å². The second kappa shape index (κ2) is 4.83. The zero-order valence-corrected chi connectivity index (χ0v) is 10.0. The Morgan fingerprint density at radius 3 is 2.62 bits per heavy atom. The summed E-state index contributed by atoms with van der Waals surface area (Å²) in [4.78, 5) is 22.9. The predicted octanol–water partition coefficient (Wildman–Crippen LogP) is 2.39. The van der Waals surface area contributed by atoms with Crippen molar-refractivity contribution in [3.63, 3.8) is 0 Å². The van der Waals surface area contributed by atoms with E-state index in [1.54, 1.807) is 0 Å². The molecule has 1 saturated heterocycles. The van der Waals surface area contributed by atoms with Gasteiger partial charge in [-0.15, -0.1) is 0 Å². The maximum absolute atomic E-state index is 11.6. The molecule has 84 valence electrons. The van der Waals surface area contributed by atoms with Crippen molar-refractivity contribution in [2.75, 3.05) is 5.75 Å². The minimum Gasteiger partial charge on any atom is -0.290 e. The number of thioether (sulfide) groups is 1. The van der Waals surface area contributed by atoms with E-state index in [2.05, 4.69) is 0 Å². The van der Waals surface area contributed by atoms with Gasteiger partial charge in [0.2, 0.25) is 5.78 Å². The van der Waals surface area contributed by atoms with Gasteiger partial charge in [0, 0.05) is 11.7 Å². The van der Waals surface area contributed by atoms with E-state index in [0.29, 0.717) is 6.42 Å². The normalized spacial score (nSPS) is 21.2.